The number of rotatable bonds is 2. The minimum Gasteiger partial charge on any atom is -0.383 e. The molecule has 3 heterocycles. The number of aromatic nitrogens is 2. The van der Waals surface area contributed by atoms with Crippen LogP contribution >= 0.6 is 0 Å². The highest BCUT2D eigenvalue weighted by molar-refractivity contribution is 6.26. The Morgan fingerprint density at radius 3 is 2.85 bits per heavy atom. The van der Waals surface area contributed by atoms with E-state index in [1.807, 2.05) is 31.3 Å². The summed E-state index contributed by atoms with van der Waals surface area (Å²) < 4.78 is 15.3. The smallest absolute Gasteiger partial charge is 0.168 e. The van der Waals surface area contributed by atoms with E-state index in [4.69, 9.17) is 0 Å². The lowest BCUT2D eigenvalue weighted by Crippen LogP contribution is -2.15. The van der Waals surface area contributed by atoms with E-state index in [2.05, 4.69) is 28.3 Å². The number of pyridine rings is 2. The summed E-state index contributed by atoms with van der Waals surface area (Å²) in [5, 5.41) is 3.47. The SMILES string of the molecule is Cc1c(-c2cc(F)c3c(c2C)/C(=C/C2=Cc4ncccc4C2)C(=O)C3)cnc2c1NCCC2. The van der Waals surface area contributed by atoms with Crippen molar-refractivity contribution < 1.29 is 9.18 Å². The molecule has 0 bridgehead atoms. The van der Waals surface area contributed by atoms with Crippen LogP contribution in [0.3, 0.4) is 0 Å². The largest absolute Gasteiger partial charge is 0.383 e. The first-order valence-electron chi connectivity index (χ1n) is 11.5. The first-order valence-corrected chi connectivity index (χ1v) is 11.5. The van der Waals surface area contributed by atoms with Gasteiger partial charge in [-0.2, -0.15) is 0 Å². The van der Waals surface area contributed by atoms with Gasteiger partial charge >= 0.3 is 0 Å². The first-order chi connectivity index (χ1) is 16.0. The van der Waals surface area contributed by atoms with Gasteiger partial charge in [-0.1, -0.05) is 6.07 Å². The quantitative estimate of drug-likeness (QED) is 0.545. The van der Waals surface area contributed by atoms with Crippen LogP contribution in [0.4, 0.5) is 10.1 Å². The molecular weight excluding hydrogens is 413 g/mol. The molecule has 164 valence electrons. The minimum absolute atomic E-state index is 0.0316. The second-order valence-electron chi connectivity index (χ2n) is 9.14. The maximum absolute atomic E-state index is 15.3. The van der Waals surface area contributed by atoms with Crippen LogP contribution in [0.2, 0.25) is 0 Å². The number of aryl methyl sites for hydroxylation is 1. The molecule has 0 saturated carbocycles. The summed E-state index contributed by atoms with van der Waals surface area (Å²) in [5.41, 5.74) is 10.8. The molecule has 1 aliphatic heterocycles. The molecule has 0 unspecified atom stereocenters. The van der Waals surface area contributed by atoms with Gasteiger partial charge < -0.3 is 5.32 Å². The van der Waals surface area contributed by atoms with Gasteiger partial charge in [0.15, 0.2) is 5.78 Å². The monoisotopic (exact) mass is 437 g/mol. The highest BCUT2D eigenvalue weighted by Gasteiger charge is 2.32. The standard InChI is InChI=1S/C28H24FN3O/c1-15-19(22-14-32-24-6-4-8-31-28(24)16(22)2)12-23(29)20-13-26(33)21(27(15)20)10-17-9-18-5-3-7-30-25(18)11-17/h3,5,7,10-12,14,31H,4,6,8-9,13H2,1-2H3/b21-10+. The summed E-state index contributed by atoms with van der Waals surface area (Å²) in [6.07, 6.45) is 10.4. The van der Waals surface area contributed by atoms with Crippen molar-refractivity contribution in [2.45, 2.75) is 39.5 Å². The number of allylic oxidation sites excluding steroid dienone is 3. The van der Waals surface area contributed by atoms with Crippen LogP contribution in [0.5, 0.6) is 0 Å². The third-order valence-electron chi connectivity index (χ3n) is 7.12. The fourth-order valence-corrected chi connectivity index (χ4v) is 5.44. The number of carbonyl (C=O) groups excluding carboxylic acids is 1. The molecule has 1 N–H and O–H groups in total. The van der Waals surface area contributed by atoms with Crippen LogP contribution < -0.4 is 5.32 Å². The molecule has 1 aromatic carbocycles. The van der Waals surface area contributed by atoms with Crippen LogP contribution in [-0.2, 0) is 24.1 Å². The Balaban J connectivity index is 1.49. The number of carbonyl (C=O) groups is 1. The third-order valence-corrected chi connectivity index (χ3v) is 7.12. The van der Waals surface area contributed by atoms with Gasteiger partial charge in [0.25, 0.3) is 0 Å². The van der Waals surface area contributed by atoms with E-state index in [1.165, 1.54) is 0 Å². The second-order valence-corrected chi connectivity index (χ2v) is 9.14. The summed E-state index contributed by atoms with van der Waals surface area (Å²) >= 11 is 0. The van der Waals surface area contributed by atoms with Crippen LogP contribution in [0.15, 0.2) is 42.2 Å². The summed E-state index contributed by atoms with van der Waals surface area (Å²) in [4.78, 5) is 22.1. The maximum Gasteiger partial charge on any atom is 0.168 e. The third kappa shape index (κ3) is 3.14. The van der Waals surface area contributed by atoms with Gasteiger partial charge in [0.1, 0.15) is 5.82 Å². The number of fused-ring (bicyclic) bond motifs is 3. The van der Waals surface area contributed by atoms with Crippen LogP contribution in [-0.4, -0.2) is 22.3 Å². The van der Waals surface area contributed by atoms with Crippen LogP contribution in [0.1, 0.15) is 45.6 Å². The number of halogens is 1. The van der Waals surface area contributed by atoms with E-state index in [1.54, 1.807) is 12.3 Å². The number of benzene rings is 1. The van der Waals surface area contributed by atoms with Crippen molar-refractivity contribution in [2.75, 3.05) is 11.9 Å². The Hall–Kier alpha value is -3.60. The van der Waals surface area contributed by atoms with Gasteiger partial charge in [0.05, 0.1) is 17.1 Å². The van der Waals surface area contributed by atoms with Crippen LogP contribution in [0, 0.1) is 19.7 Å². The number of hydrogen-bond donors (Lipinski definition) is 1. The Labute approximate surface area is 192 Å². The molecule has 2 aromatic heterocycles. The van der Waals surface area contributed by atoms with Crippen molar-refractivity contribution >= 4 is 23.1 Å². The van der Waals surface area contributed by atoms with Crippen molar-refractivity contribution in [1.82, 2.24) is 9.97 Å². The number of anilines is 1. The van der Waals surface area contributed by atoms with E-state index >= 15 is 4.39 Å². The molecule has 0 atom stereocenters. The normalized spacial score (nSPS) is 17.5. The maximum atomic E-state index is 15.3. The number of hydrogen-bond acceptors (Lipinski definition) is 4. The fraction of sp³-hybridized carbons (Fsp3) is 0.250. The lowest BCUT2D eigenvalue weighted by molar-refractivity contribution is -0.112. The Bertz CT molecular complexity index is 1420. The number of Topliss-reactive ketones (excluding diaryl/α,β-unsaturated/α-hetero) is 1. The molecule has 2 aliphatic carbocycles. The molecule has 0 amide bonds. The molecule has 0 fully saturated rings. The van der Waals surface area contributed by atoms with E-state index in [0.717, 1.165) is 81.8 Å². The van der Waals surface area contributed by atoms with Crippen LogP contribution in [0.25, 0.3) is 22.8 Å². The molecule has 0 spiro atoms. The van der Waals surface area contributed by atoms with Gasteiger partial charge in [0.2, 0.25) is 0 Å². The van der Waals surface area contributed by atoms with Crippen molar-refractivity contribution in [3.05, 3.63) is 87.3 Å². The van der Waals surface area contributed by atoms with Crippen molar-refractivity contribution in [3.8, 4) is 11.1 Å². The molecule has 3 aliphatic rings. The minimum atomic E-state index is -0.321. The van der Waals surface area contributed by atoms with Gasteiger partial charge in [-0.05, 0) is 90.8 Å². The summed E-state index contributed by atoms with van der Waals surface area (Å²) in [6, 6.07) is 5.56. The average Bonchev–Trinajstić information content (AvgIpc) is 3.38. The lowest BCUT2D eigenvalue weighted by Gasteiger charge is -2.22. The molecule has 4 nitrogen and oxygen atoms in total. The predicted molar refractivity (Wildman–Crippen MR) is 129 cm³/mol. The number of nitrogens with zero attached hydrogens (tertiary/aromatic N) is 2. The topological polar surface area (TPSA) is 54.9 Å². The fourth-order valence-electron chi connectivity index (χ4n) is 5.44. The van der Waals surface area contributed by atoms with E-state index in [9.17, 15) is 4.79 Å². The summed E-state index contributed by atoms with van der Waals surface area (Å²) in [6.45, 7) is 4.98. The average molecular weight is 438 g/mol. The molecule has 6 rings (SSSR count). The summed E-state index contributed by atoms with van der Waals surface area (Å²) in [5.74, 6) is -0.353. The van der Waals surface area contributed by atoms with Gasteiger partial charge in [-0.15, -0.1) is 0 Å². The van der Waals surface area contributed by atoms with Crippen molar-refractivity contribution in [1.29, 1.82) is 0 Å². The van der Waals surface area contributed by atoms with Crippen molar-refractivity contribution in [2.24, 2.45) is 0 Å². The second kappa shape index (κ2) is 7.48. The highest BCUT2D eigenvalue weighted by Crippen LogP contribution is 2.42. The first kappa shape index (κ1) is 20.0. The summed E-state index contributed by atoms with van der Waals surface area (Å²) in [7, 11) is 0. The zero-order valence-corrected chi connectivity index (χ0v) is 18.8. The highest BCUT2D eigenvalue weighted by atomic mass is 19.1. The number of nitrogens with one attached hydrogen (secondary N) is 1. The van der Waals surface area contributed by atoms with Gasteiger partial charge in [-0.25, -0.2) is 4.39 Å². The molecule has 0 saturated heterocycles. The van der Waals surface area contributed by atoms with Gasteiger partial charge in [0, 0.05) is 42.1 Å². The molecular formula is C28H24FN3O. The Morgan fingerprint density at radius 2 is 2.00 bits per heavy atom. The molecule has 0 radical (unpaired) electrons. The molecule has 5 heteroatoms. The zero-order chi connectivity index (χ0) is 22.7. The van der Waals surface area contributed by atoms with E-state index < -0.39 is 0 Å². The number of ketones is 1. The Kier molecular flexibility index (Phi) is 4.54. The lowest BCUT2D eigenvalue weighted by atomic mass is 9.89. The zero-order valence-electron chi connectivity index (χ0n) is 18.8. The van der Waals surface area contributed by atoms with Crippen molar-refractivity contribution in [3.63, 3.8) is 0 Å². The van der Waals surface area contributed by atoms with Gasteiger partial charge in [-0.3, -0.25) is 14.8 Å². The predicted octanol–water partition coefficient (Wildman–Crippen LogP) is 5.41. The van der Waals surface area contributed by atoms with E-state index in [0.29, 0.717) is 11.1 Å². The van der Waals surface area contributed by atoms with E-state index in [-0.39, 0.29) is 18.0 Å². The Morgan fingerprint density at radius 1 is 1.12 bits per heavy atom. The molecule has 3 aromatic rings. The molecule has 33 heavy (non-hydrogen) atoms.